The van der Waals surface area contributed by atoms with Crippen molar-refractivity contribution < 1.29 is 9.18 Å². The van der Waals surface area contributed by atoms with E-state index >= 15 is 0 Å². The smallest absolute Gasteiger partial charge is 0.221 e. The molecule has 2 N–H and O–H groups in total. The number of benzene rings is 1. The third-order valence-corrected chi connectivity index (χ3v) is 3.07. The van der Waals surface area contributed by atoms with Gasteiger partial charge >= 0.3 is 0 Å². The number of hydrogen-bond donors (Lipinski definition) is 2. The number of imidazole rings is 1. The molecule has 2 rings (SSSR count). The highest BCUT2D eigenvalue weighted by Gasteiger charge is 2.08. The Labute approximate surface area is 115 Å². The van der Waals surface area contributed by atoms with E-state index in [4.69, 9.17) is 12.2 Å². The number of nitrogens with zero attached hydrogens (tertiary/aromatic N) is 1. The Kier molecular flexibility index (Phi) is 3.99. The van der Waals surface area contributed by atoms with Crippen LogP contribution in [0.3, 0.4) is 0 Å². The number of aromatic amines is 1. The van der Waals surface area contributed by atoms with Gasteiger partial charge in [0.1, 0.15) is 5.82 Å². The van der Waals surface area contributed by atoms with Gasteiger partial charge in [-0.2, -0.15) is 0 Å². The van der Waals surface area contributed by atoms with E-state index in [9.17, 15) is 9.18 Å². The highest BCUT2D eigenvalue weighted by atomic mass is 32.1. The fourth-order valence-corrected chi connectivity index (χ4v) is 2.25. The molecule has 102 valence electrons. The second kappa shape index (κ2) is 5.52. The SMILES string of the molecule is CC(C)NC(=O)CCn1c(=S)[nH]c2ccc(F)cc21. The molecule has 0 aliphatic carbocycles. The fraction of sp³-hybridized carbons (Fsp3) is 0.385. The highest BCUT2D eigenvalue weighted by molar-refractivity contribution is 7.71. The molecule has 1 aromatic carbocycles. The predicted molar refractivity (Wildman–Crippen MR) is 75.0 cm³/mol. The van der Waals surface area contributed by atoms with Gasteiger partial charge in [0.15, 0.2) is 4.77 Å². The van der Waals surface area contributed by atoms with Crippen LogP contribution < -0.4 is 5.32 Å². The number of halogens is 1. The molecule has 2 aromatic rings. The lowest BCUT2D eigenvalue weighted by atomic mass is 10.3. The summed E-state index contributed by atoms with van der Waals surface area (Å²) in [5, 5.41) is 2.81. The van der Waals surface area contributed by atoms with E-state index < -0.39 is 0 Å². The zero-order valence-electron chi connectivity index (χ0n) is 10.9. The maximum Gasteiger partial charge on any atom is 0.221 e. The second-order valence-electron chi connectivity index (χ2n) is 4.72. The van der Waals surface area contributed by atoms with E-state index in [2.05, 4.69) is 10.3 Å². The van der Waals surface area contributed by atoms with Crippen molar-refractivity contribution in [1.29, 1.82) is 0 Å². The van der Waals surface area contributed by atoms with Gasteiger partial charge in [-0.15, -0.1) is 0 Å². The van der Waals surface area contributed by atoms with Gasteiger partial charge in [-0.25, -0.2) is 4.39 Å². The summed E-state index contributed by atoms with van der Waals surface area (Å²) < 4.78 is 15.5. The molecule has 19 heavy (non-hydrogen) atoms. The zero-order chi connectivity index (χ0) is 14.0. The number of hydrogen-bond acceptors (Lipinski definition) is 2. The lowest BCUT2D eigenvalue weighted by Gasteiger charge is -2.09. The molecule has 4 nitrogen and oxygen atoms in total. The van der Waals surface area contributed by atoms with Crippen LogP contribution in [0.5, 0.6) is 0 Å². The van der Waals surface area contributed by atoms with Crippen molar-refractivity contribution in [1.82, 2.24) is 14.9 Å². The zero-order valence-corrected chi connectivity index (χ0v) is 11.7. The molecular weight excluding hydrogens is 265 g/mol. The molecular formula is C13H16FN3OS. The number of aryl methyl sites for hydroxylation is 1. The lowest BCUT2D eigenvalue weighted by Crippen LogP contribution is -2.30. The normalized spacial score (nSPS) is 11.2. The van der Waals surface area contributed by atoms with E-state index in [1.54, 1.807) is 10.6 Å². The van der Waals surface area contributed by atoms with Gasteiger partial charge in [-0.1, -0.05) is 0 Å². The Morgan fingerprint density at radius 3 is 2.95 bits per heavy atom. The van der Waals surface area contributed by atoms with Crippen LogP contribution >= 0.6 is 12.2 Å². The standard InChI is InChI=1S/C13H16FN3OS/c1-8(2)15-12(18)5-6-17-11-7-9(14)3-4-10(11)16-13(17)19/h3-4,7-8H,5-6H2,1-2H3,(H,15,18)(H,16,19). The van der Waals surface area contributed by atoms with E-state index in [1.807, 2.05) is 13.8 Å². The third kappa shape index (κ3) is 3.20. The van der Waals surface area contributed by atoms with Crippen molar-refractivity contribution in [2.45, 2.75) is 32.9 Å². The van der Waals surface area contributed by atoms with Crippen molar-refractivity contribution in [3.05, 3.63) is 28.8 Å². The summed E-state index contributed by atoms with van der Waals surface area (Å²) in [6.07, 6.45) is 0.315. The van der Waals surface area contributed by atoms with Crippen LogP contribution in [0, 0.1) is 10.6 Å². The molecule has 0 saturated heterocycles. The quantitative estimate of drug-likeness (QED) is 0.847. The summed E-state index contributed by atoms with van der Waals surface area (Å²) in [6.45, 7) is 4.25. The number of aromatic nitrogens is 2. The molecule has 0 aliphatic rings. The lowest BCUT2D eigenvalue weighted by molar-refractivity contribution is -0.121. The van der Waals surface area contributed by atoms with Gasteiger partial charge < -0.3 is 14.9 Å². The minimum absolute atomic E-state index is 0.0392. The summed E-state index contributed by atoms with van der Waals surface area (Å²) >= 11 is 5.19. The molecule has 0 atom stereocenters. The van der Waals surface area contributed by atoms with E-state index in [1.165, 1.54) is 12.1 Å². The number of rotatable bonds is 4. The monoisotopic (exact) mass is 281 g/mol. The molecule has 1 amide bonds. The number of amides is 1. The van der Waals surface area contributed by atoms with Gasteiger partial charge in [0.2, 0.25) is 5.91 Å². The Hall–Kier alpha value is -1.69. The molecule has 0 saturated carbocycles. The number of nitrogens with one attached hydrogen (secondary N) is 2. The Morgan fingerprint density at radius 2 is 2.26 bits per heavy atom. The summed E-state index contributed by atoms with van der Waals surface area (Å²) in [4.78, 5) is 14.6. The Bertz CT molecular complexity index is 659. The number of carbonyl (C=O) groups is 1. The maximum absolute atomic E-state index is 13.3. The van der Waals surface area contributed by atoms with Crippen LogP contribution in [0.4, 0.5) is 4.39 Å². The van der Waals surface area contributed by atoms with Gasteiger partial charge in [0, 0.05) is 19.0 Å². The first-order valence-corrected chi connectivity index (χ1v) is 6.55. The number of H-pyrrole nitrogens is 1. The van der Waals surface area contributed by atoms with Gasteiger partial charge in [0.05, 0.1) is 11.0 Å². The summed E-state index contributed by atoms with van der Waals surface area (Å²) in [5.41, 5.74) is 1.46. The molecule has 0 radical (unpaired) electrons. The third-order valence-electron chi connectivity index (χ3n) is 2.75. The van der Waals surface area contributed by atoms with Crippen LogP contribution in [0.2, 0.25) is 0 Å². The average molecular weight is 281 g/mol. The highest BCUT2D eigenvalue weighted by Crippen LogP contribution is 2.16. The van der Waals surface area contributed by atoms with Gasteiger partial charge in [0.25, 0.3) is 0 Å². The average Bonchev–Trinajstić information content (AvgIpc) is 2.61. The topological polar surface area (TPSA) is 49.8 Å². The number of carbonyl (C=O) groups excluding carboxylic acids is 1. The Morgan fingerprint density at radius 1 is 1.53 bits per heavy atom. The maximum atomic E-state index is 13.3. The summed E-state index contributed by atoms with van der Waals surface area (Å²) in [5.74, 6) is -0.357. The minimum Gasteiger partial charge on any atom is -0.354 e. The second-order valence-corrected chi connectivity index (χ2v) is 5.10. The first-order valence-electron chi connectivity index (χ1n) is 6.15. The molecule has 0 unspecified atom stereocenters. The van der Waals surface area contributed by atoms with E-state index in [-0.39, 0.29) is 17.8 Å². The first kappa shape index (κ1) is 13.7. The van der Waals surface area contributed by atoms with Crippen LogP contribution in [-0.2, 0) is 11.3 Å². The Balaban J connectivity index is 2.21. The fourth-order valence-electron chi connectivity index (χ4n) is 1.96. The first-order chi connectivity index (χ1) is 8.97. The van der Waals surface area contributed by atoms with Crippen LogP contribution in [0.25, 0.3) is 11.0 Å². The molecule has 6 heteroatoms. The molecule has 0 spiro atoms. The van der Waals surface area contributed by atoms with Crippen molar-refractivity contribution in [2.75, 3.05) is 0 Å². The van der Waals surface area contributed by atoms with E-state index in [0.29, 0.717) is 23.3 Å². The van der Waals surface area contributed by atoms with Gasteiger partial charge in [-0.3, -0.25) is 4.79 Å². The van der Waals surface area contributed by atoms with Crippen LogP contribution in [-0.4, -0.2) is 21.5 Å². The van der Waals surface area contributed by atoms with Crippen LogP contribution in [0.15, 0.2) is 18.2 Å². The summed E-state index contributed by atoms with van der Waals surface area (Å²) in [7, 11) is 0. The molecule has 1 heterocycles. The van der Waals surface area contributed by atoms with Crippen molar-refractivity contribution >= 4 is 29.2 Å². The largest absolute Gasteiger partial charge is 0.354 e. The number of fused-ring (bicyclic) bond motifs is 1. The summed E-state index contributed by atoms with van der Waals surface area (Å²) in [6, 6.07) is 4.55. The van der Waals surface area contributed by atoms with Crippen molar-refractivity contribution in [2.24, 2.45) is 0 Å². The van der Waals surface area contributed by atoms with E-state index in [0.717, 1.165) is 5.52 Å². The molecule has 0 fully saturated rings. The minimum atomic E-state index is -0.318. The van der Waals surface area contributed by atoms with Gasteiger partial charge in [-0.05, 0) is 44.3 Å². The molecule has 0 bridgehead atoms. The predicted octanol–water partition coefficient (Wildman–Crippen LogP) is 2.75. The van der Waals surface area contributed by atoms with Crippen molar-refractivity contribution in [3.8, 4) is 0 Å². The molecule has 0 aliphatic heterocycles. The van der Waals surface area contributed by atoms with Crippen molar-refractivity contribution in [3.63, 3.8) is 0 Å². The molecule has 1 aromatic heterocycles. The van der Waals surface area contributed by atoms with Crippen LogP contribution in [0.1, 0.15) is 20.3 Å².